The summed E-state index contributed by atoms with van der Waals surface area (Å²) < 4.78 is 0. The molecule has 1 heterocycles. The predicted molar refractivity (Wildman–Crippen MR) is 104 cm³/mol. The lowest BCUT2D eigenvalue weighted by Gasteiger charge is -2.12. The number of aromatic carboxylic acids is 1. The Hall–Kier alpha value is -3.12. The van der Waals surface area contributed by atoms with Crippen molar-refractivity contribution in [3.63, 3.8) is 0 Å². The van der Waals surface area contributed by atoms with E-state index >= 15 is 0 Å². The summed E-state index contributed by atoms with van der Waals surface area (Å²) in [7, 11) is 0. The molecular formula is C20H16N2O3S. The van der Waals surface area contributed by atoms with Crippen molar-refractivity contribution >= 4 is 40.6 Å². The number of amidine groups is 1. The number of hydrogen-bond donors (Lipinski definition) is 1. The standard InChI is InChI=1S/C20H16N2O3S/c1-2-12-22-18(23)17(13-14-6-4-3-5-7-14)26-20(22)21-16-10-8-15(9-11-16)19(24)25/h2-11,13H,1,12H2,(H,24,25). The maximum absolute atomic E-state index is 12.7. The highest BCUT2D eigenvalue weighted by Crippen LogP contribution is 2.34. The maximum Gasteiger partial charge on any atom is 0.335 e. The zero-order valence-electron chi connectivity index (χ0n) is 13.8. The summed E-state index contributed by atoms with van der Waals surface area (Å²) in [6, 6.07) is 15.8. The number of carbonyl (C=O) groups is 2. The van der Waals surface area contributed by atoms with Crippen LogP contribution in [0.5, 0.6) is 0 Å². The van der Waals surface area contributed by atoms with E-state index in [1.165, 1.54) is 23.9 Å². The molecule has 2 aromatic rings. The van der Waals surface area contributed by atoms with Gasteiger partial charge in [0.25, 0.3) is 5.91 Å². The zero-order chi connectivity index (χ0) is 18.5. The van der Waals surface area contributed by atoms with Crippen LogP contribution in [0.3, 0.4) is 0 Å². The lowest BCUT2D eigenvalue weighted by molar-refractivity contribution is -0.121. The average Bonchev–Trinajstić information content (AvgIpc) is 2.92. The largest absolute Gasteiger partial charge is 0.478 e. The molecular weight excluding hydrogens is 348 g/mol. The SMILES string of the molecule is C=CCN1C(=O)C(=Cc2ccccc2)SC1=Nc1ccc(C(=O)O)cc1. The highest BCUT2D eigenvalue weighted by atomic mass is 32.2. The molecule has 1 fully saturated rings. The smallest absolute Gasteiger partial charge is 0.335 e. The summed E-state index contributed by atoms with van der Waals surface area (Å²) in [5.74, 6) is -1.12. The number of aliphatic imine (C=N–C) groups is 1. The van der Waals surface area contributed by atoms with Crippen molar-refractivity contribution in [2.45, 2.75) is 0 Å². The van der Waals surface area contributed by atoms with Gasteiger partial charge in [-0.3, -0.25) is 9.69 Å². The minimum atomic E-state index is -0.990. The summed E-state index contributed by atoms with van der Waals surface area (Å²) in [6.45, 7) is 4.05. The first-order valence-electron chi connectivity index (χ1n) is 7.88. The van der Waals surface area contributed by atoms with Gasteiger partial charge in [0.1, 0.15) is 0 Å². The Balaban J connectivity index is 1.92. The number of hydrogen-bond acceptors (Lipinski definition) is 4. The molecule has 0 spiro atoms. The fraction of sp³-hybridized carbons (Fsp3) is 0.0500. The van der Waals surface area contributed by atoms with E-state index in [9.17, 15) is 9.59 Å². The molecule has 1 amide bonds. The number of benzene rings is 2. The minimum Gasteiger partial charge on any atom is -0.478 e. The molecule has 0 radical (unpaired) electrons. The molecule has 1 saturated heterocycles. The van der Waals surface area contributed by atoms with E-state index < -0.39 is 5.97 Å². The van der Waals surface area contributed by atoms with E-state index in [0.29, 0.717) is 22.3 Å². The average molecular weight is 364 g/mol. The number of carboxylic acid groups (broad SMARTS) is 1. The van der Waals surface area contributed by atoms with Crippen LogP contribution in [0.4, 0.5) is 5.69 Å². The van der Waals surface area contributed by atoms with E-state index in [-0.39, 0.29) is 11.5 Å². The van der Waals surface area contributed by atoms with Crippen LogP contribution in [0.2, 0.25) is 0 Å². The molecule has 1 aliphatic heterocycles. The third-order valence-corrected chi connectivity index (χ3v) is 4.64. The van der Waals surface area contributed by atoms with Gasteiger partial charge in [-0.1, -0.05) is 36.4 Å². The maximum atomic E-state index is 12.7. The van der Waals surface area contributed by atoms with Gasteiger partial charge in [-0.2, -0.15) is 0 Å². The monoisotopic (exact) mass is 364 g/mol. The van der Waals surface area contributed by atoms with E-state index in [2.05, 4.69) is 11.6 Å². The number of carboxylic acids is 1. The van der Waals surface area contributed by atoms with Crippen molar-refractivity contribution in [2.75, 3.05) is 6.54 Å². The van der Waals surface area contributed by atoms with Gasteiger partial charge < -0.3 is 5.11 Å². The Morgan fingerprint density at radius 2 is 1.85 bits per heavy atom. The molecule has 0 aliphatic carbocycles. The Bertz CT molecular complexity index is 902. The molecule has 1 N–H and O–H groups in total. The number of thioether (sulfide) groups is 1. The van der Waals surface area contributed by atoms with Crippen molar-refractivity contribution in [1.82, 2.24) is 4.90 Å². The molecule has 5 nitrogen and oxygen atoms in total. The van der Waals surface area contributed by atoms with Crippen LogP contribution in [0.15, 0.2) is 77.1 Å². The van der Waals surface area contributed by atoms with Gasteiger partial charge in [0, 0.05) is 6.54 Å². The molecule has 2 aromatic carbocycles. The van der Waals surface area contributed by atoms with Gasteiger partial charge in [-0.15, -0.1) is 6.58 Å². The van der Waals surface area contributed by atoms with Gasteiger partial charge >= 0.3 is 5.97 Å². The van der Waals surface area contributed by atoms with Crippen molar-refractivity contribution in [1.29, 1.82) is 0 Å². The number of amides is 1. The lowest BCUT2D eigenvalue weighted by atomic mass is 10.2. The van der Waals surface area contributed by atoms with Gasteiger partial charge in [0.15, 0.2) is 5.17 Å². The van der Waals surface area contributed by atoms with Crippen LogP contribution < -0.4 is 0 Å². The van der Waals surface area contributed by atoms with Crippen molar-refractivity contribution < 1.29 is 14.7 Å². The number of rotatable bonds is 5. The van der Waals surface area contributed by atoms with Crippen molar-refractivity contribution in [3.8, 4) is 0 Å². The van der Waals surface area contributed by atoms with Gasteiger partial charge in [0.2, 0.25) is 0 Å². The molecule has 3 rings (SSSR count). The second-order valence-electron chi connectivity index (χ2n) is 5.47. The Kier molecular flexibility index (Phi) is 5.34. The second-order valence-corrected chi connectivity index (χ2v) is 6.48. The fourth-order valence-electron chi connectivity index (χ4n) is 2.37. The predicted octanol–water partition coefficient (Wildman–Crippen LogP) is 4.17. The molecule has 26 heavy (non-hydrogen) atoms. The first-order valence-corrected chi connectivity index (χ1v) is 8.69. The molecule has 0 aromatic heterocycles. The summed E-state index contributed by atoms with van der Waals surface area (Å²) >= 11 is 1.29. The summed E-state index contributed by atoms with van der Waals surface area (Å²) in [4.78, 5) is 30.3. The van der Waals surface area contributed by atoms with Gasteiger partial charge in [-0.05, 0) is 47.7 Å². The summed E-state index contributed by atoms with van der Waals surface area (Å²) in [5, 5.41) is 9.51. The van der Waals surface area contributed by atoms with Crippen LogP contribution in [-0.2, 0) is 4.79 Å². The second kappa shape index (κ2) is 7.84. The third-order valence-electron chi connectivity index (χ3n) is 3.64. The van der Waals surface area contributed by atoms with Crippen LogP contribution >= 0.6 is 11.8 Å². The molecule has 0 bridgehead atoms. The molecule has 6 heteroatoms. The summed E-state index contributed by atoms with van der Waals surface area (Å²) in [5.41, 5.74) is 1.71. The van der Waals surface area contributed by atoms with E-state index in [1.807, 2.05) is 36.4 Å². The topological polar surface area (TPSA) is 70.0 Å². The Morgan fingerprint density at radius 3 is 2.46 bits per heavy atom. The lowest BCUT2D eigenvalue weighted by Crippen LogP contribution is -2.29. The zero-order valence-corrected chi connectivity index (χ0v) is 14.6. The molecule has 0 atom stereocenters. The van der Waals surface area contributed by atoms with E-state index in [4.69, 9.17) is 5.11 Å². The third kappa shape index (κ3) is 3.92. The molecule has 0 unspecified atom stereocenters. The Labute approximate surface area is 155 Å². The molecule has 0 saturated carbocycles. The fourth-order valence-corrected chi connectivity index (χ4v) is 3.38. The number of carbonyl (C=O) groups excluding carboxylic acids is 1. The molecule has 130 valence electrons. The molecule has 1 aliphatic rings. The quantitative estimate of drug-likeness (QED) is 0.638. The first kappa shape index (κ1) is 17.7. The Morgan fingerprint density at radius 1 is 1.15 bits per heavy atom. The first-order chi connectivity index (χ1) is 12.6. The van der Waals surface area contributed by atoms with E-state index in [0.717, 1.165) is 5.56 Å². The normalized spacial score (nSPS) is 17.1. The van der Waals surface area contributed by atoms with Crippen LogP contribution in [0, 0.1) is 0 Å². The van der Waals surface area contributed by atoms with Crippen LogP contribution in [-0.4, -0.2) is 33.6 Å². The minimum absolute atomic E-state index is 0.125. The van der Waals surface area contributed by atoms with Crippen molar-refractivity contribution in [2.24, 2.45) is 4.99 Å². The van der Waals surface area contributed by atoms with Gasteiger partial charge in [-0.25, -0.2) is 9.79 Å². The van der Waals surface area contributed by atoms with Crippen molar-refractivity contribution in [3.05, 3.63) is 83.3 Å². The highest BCUT2D eigenvalue weighted by Gasteiger charge is 2.32. The van der Waals surface area contributed by atoms with Crippen LogP contribution in [0.25, 0.3) is 6.08 Å². The highest BCUT2D eigenvalue weighted by molar-refractivity contribution is 8.18. The van der Waals surface area contributed by atoms with Gasteiger partial charge in [0.05, 0.1) is 16.2 Å². The summed E-state index contributed by atoms with van der Waals surface area (Å²) in [6.07, 6.45) is 3.48. The van der Waals surface area contributed by atoms with E-state index in [1.54, 1.807) is 23.1 Å². The number of nitrogens with zero attached hydrogens (tertiary/aromatic N) is 2. The van der Waals surface area contributed by atoms with Crippen LogP contribution in [0.1, 0.15) is 15.9 Å².